The second-order valence-corrected chi connectivity index (χ2v) is 15.9. The van der Waals surface area contributed by atoms with E-state index in [9.17, 15) is 27.1 Å². The molecule has 1 amide bonds. The highest BCUT2D eigenvalue weighted by atomic mass is 32.2. The Labute approximate surface area is 262 Å². The van der Waals surface area contributed by atoms with Gasteiger partial charge in [-0.3, -0.25) is 14.4 Å². The standard InChI is InChI=1S/C31H41F2N7O4S/c1-21-16-26(36-28(34-21)40-14-10-31(32,33)11-15-40)35-27(42)24-3-2-22(17-25(24)39-12-8-29(4-5-29)9-13-39)37-45(43,44)30(6-7-30)20-38-18-23(41)19-38/h2-3,16-17,23,37,41H,4-15,18-20H2,1H3,(H,34,35,36,42). The maximum atomic E-state index is 13.8. The highest BCUT2D eigenvalue weighted by Gasteiger charge is 2.56. The van der Waals surface area contributed by atoms with Crippen molar-refractivity contribution in [1.29, 1.82) is 0 Å². The van der Waals surface area contributed by atoms with E-state index in [1.54, 1.807) is 36.1 Å². The minimum Gasteiger partial charge on any atom is -0.390 e. The smallest absolute Gasteiger partial charge is 0.258 e. The third-order valence-corrected chi connectivity index (χ3v) is 12.5. The predicted molar refractivity (Wildman–Crippen MR) is 168 cm³/mol. The lowest BCUT2D eigenvalue weighted by molar-refractivity contribution is -0.0222. The zero-order valence-electron chi connectivity index (χ0n) is 25.6. The van der Waals surface area contributed by atoms with Gasteiger partial charge in [-0.2, -0.15) is 4.98 Å². The number of carbonyl (C=O) groups is 1. The van der Waals surface area contributed by atoms with Crippen LogP contribution < -0.4 is 19.8 Å². The summed E-state index contributed by atoms with van der Waals surface area (Å²) in [6, 6.07) is 6.67. The molecule has 3 aliphatic heterocycles. The van der Waals surface area contributed by atoms with Gasteiger partial charge in [0.05, 0.1) is 23.0 Å². The van der Waals surface area contributed by atoms with E-state index in [0.717, 1.165) is 25.9 Å². The number of hydrogen-bond acceptors (Lipinski definition) is 9. The molecule has 2 aliphatic carbocycles. The molecule has 1 aromatic carbocycles. The summed E-state index contributed by atoms with van der Waals surface area (Å²) in [6.07, 6.45) is 4.70. The lowest BCUT2D eigenvalue weighted by Crippen LogP contribution is -2.55. The Bertz CT molecular complexity index is 1570. The van der Waals surface area contributed by atoms with Gasteiger partial charge in [-0.1, -0.05) is 0 Å². The van der Waals surface area contributed by atoms with Gasteiger partial charge in [-0.05, 0) is 69.1 Å². The number of aryl methyl sites for hydroxylation is 1. The molecule has 0 unspecified atom stereocenters. The number of carbonyl (C=O) groups excluding carboxylic acids is 1. The molecule has 45 heavy (non-hydrogen) atoms. The number of likely N-dealkylation sites (tertiary alicyclic amines) is 1. The topological polar surface area (TPSA) is 131 Å². The molecule has 14 heteroatoms. The first-order valence-electron chi connectivity index (χ1n) is 16.0. The monoisotopic (exact) mass is 645 g/mol. The van der Waals surface area contributed by atoms with Crippen LogP contribution in [0.15, 0.2) is 24.3 Å². The highest BCUT2D eigenvalue weighted by molar-refractivity contribution is 7.94. The predicted octanol–water partition coefficient (Wildman–Crippen LogP) is 3.60. The molecule has 244 valence electrons. The van der Waals surface area contributed by atoms with Crippen LogP contribution in [0, 0.1) is 12.3 Å². The van der Waals surface area contributed by atoms with Crippen molar-refractivity contribution in [3.05, 3.63) is 35.5 Å². The van der Waals surface area contributed by atoms with Crippen molar-refractivity contribution in [3.8, 4) is 0 Å². The Morgan fingerprint density at radius 2 is 1.62 bits per heavy atom. The Balaban J connectivity index is 1.12. The molecule has 1 aromatic heterocycles. The molecule has 2 saturated carbocycles. The van der Waals surface area contributed by atoms with E-state index in [1.807, 2.05) is 4.90 Å². The molecule has 1 spiro atoms. The number of halogens is 2. The molecule has 11 nitrogen and oxygen atoms in total. The van der Waals surface area contributed by atoms with Crippen molar-refractivity contribution in [3.63, 3.8) is 0 Å². The molecule has 0 radical (unpaired) electrons. The van der Waals surface area contributed by atoms with Gasteiger partial charge in [-0.25, -0.2) is 22.2 Å². The minimum absolute atomic E-state index is 0.128. The number of alkyl halides is 2. The van der Waals surface area contributed by atoms with Crippen molar-refractivity contribution in [1.82, 2.24) is 14.9 Å². The second-order valence-electron chi connectivity index (χ2n) is 13.8. The van der Waals surface area contributed by atoms with Crippen LogP contribution in [-0.4, -0.2) is 96.9 Å². The Morgan fingerprint density at radius 3 is 2.24 bits per heavy atom. The van der Waals surface area contributed by atoms with Gasteiger partial charge in [-0.15, -0.1) is 0 Å². The summed E-state index contributed by atoms with van der Waals surface area (Å²) < 4.78 is 56.5. The fourth-order valence-electron chi connectivity index (χ4n) is 6.92. The molecule has 2 aromatic rings. The summed E-state index contributed by atoms with van der Waals surface area (Å²) in [4.78, 5) is 28.5. The van der Waals surface area contributed by atoms with Crippen LogP contribution in [0.5, 0.6) is 0 Å². The first-order valence-corrected chi connectivity index (χ1v) is 17.4. The van der Waals surface area contributed by atoms with Crippen molar-refractivity contribution in [2.45, 2.75) is 75.1 Å². The first kappa shape index (κ1) is 30.5. The molecular formula is C31H41F2N7O4S. The molecule has 7 rings (SSSR count). The van der Waals surface area contributed by atoms with Gasteiger partial charge in [0.2, 0.25) is 16.0 Å². The first-order chi connectivity index (χ1) is 21.3. The number of β-amino-alcohol motifs (C(OH)–C–C–N with tert-alkyl or cyclic N) is 1. The molecule has 5 aliphatic rings. The number of nitrogens with one attached hydrogen (secondary N) is 2. The van der Waals surface area contributed by atoms with Crippen LogP contribution in [0.1, 0.15) is 67.4 Å². The number of aliphatic hydroxyl groups excluding tert-OH is 1. The third kappa shape index (κ3) is 6.33. The molecular weight excluding hydrogens is 604 g/mol. The van der Waals surface area contributed by atoms with Crippen molar-refractivity contribution < 1.29 is 27.1 Å². The maximum Gasteiger partial charge on any atom is 0.258 e. The number of rotatable bonds is 9. The number of aromatic nitrogens is 2. The van der Waals surface area contributed by atoms with Crippen molar-refractivity contribution >= 4 is 39.1 Å². The largest absolute Gasteiger partial charge is 0.390 e. The summed E-state index contributed by atoms with van der Waals surface area (Å²) in [5.41, 5.74) is 2.48. The zero-order chi connectivity index (χ0) is 31.6. The number of piperidine rings is 2. The number of hydrogen-bond donors (Lipinski definition) is 3. The van der Waals surface area contributed by atoms with Gasteiger partial charge in [0.15, 0.2) is 0 Å². The van der Waals surface area contributed by atoms with E-state index in [4.69, 9.17) is 0 Å². The Kier molecular flexibility index (Phi) is 7.47. The van der Waals surface area contributed by atoms with Gasteiger partial charge >= 0.3 is 0 Å². The summed E-state index contributed by atoms with van der Waals surface area (Å²) in [6.45, 7) is 4.94. The van der Waals surface area contributed by atoms with E-state index >= 15 is 0 Å². The van der Waals surface area contributed by atoms with E-state index < -0.39 is 32.7 Å². The minimum atomic E-state index is -3.72. The van der Waals surface area contributed by atoms with Gasteiger partial charge in [0.1, 0.15) is 10.6 Å². The lowest BCUT2D eigenvalue weighted by atomic mass is 9.93. The van der Waals surface area contributed by atoms with E-state index in [1.165, 1.54) is 12.8 Å². The van der Waals surface area contributed by atoms with Crippen LogP contribution in [0.25, 0.3) is 0 Å². The van der Waals surface area contributed by atoms with Gasteiger partial charge < -0.3 is 20.2 Å². The fraction of sp³-hybridized carbons (Fsp3) is 0.645. The number of amides is 1. The number of sulfonamides is 1. The summed E-state index contributed by atoms with van der Waals surface area (Å²) >= 11 is 0. The van der Waals surface area contributed by atoms with Gasteiger partial charge in [0, 0.05) is 70.4 Å². The Hall–Kier alpha value is -3.10. The quantitative estimate of drug-likeness (QED) is 0.375. The average Bonchev–Trinajstić information content (AvgIpc) is 3.90. The molecule has 5 fully saturated rings. The number of nitrogens with zero attached hydrogens (tertiary/aromatic N) is 5. The normalized spacial score (nSPS) is 23.8. The highest BCUT2D eigenvalue weighted by Crippen LogP contribution is 2.54. The molecule has 3 N–H and O–H groups in total. The van der Waals surface area contributed by atoms with Crippen molar-refractivity contribution in [2.24, 2.45) is 5.41 Å². The molecule has 3 saturated heterocycles. The summed E-state index contributed by atoms with van der Waals surface area (Å²) in [5, 5.41) is 12.5. The van der Waals surface area contributed by atoms with Crippen LogP contribution in [-0.2, 0) is 10.0 Å². The number of benzene rings is 1. The van der Waals surface area contributed by atoms with Crippen LogP contribution in [0.3, 0.4) is 0 Å². The molecule has 0 atom stereocenters. The second kappa shape index (κ2) is 11.0. The van der Waals surface area contributed by atoms with E-state index in [2.05, 4.69) is 24.9 Å². The Morgan fingerprint density at radius 1 is 0.956 bits per heavy atom. The van der Waals surface area contributed by atoms with E-state index in [-0.39, 0.29) is 31.7 Å². The van der Waals surface area contributed by atoms with Gasteiger partial charge in [0.25, 0.3) is 11.8 Å². The molecule has 4 heterocycles. The fourth-order valence-corrected chi connectivity index (χ4v) is 8.56. The van der Waals surface area contributed by atoms with Crippen molar-refractivity contribution in [2.75, 3.05) is 65.7 Å². The van der Waals surface area contributed by atoms with Crippen LogP contribution in [0.2, 0.25) is 0 Å². The lowest BCUT2D eigenvalue weighted by Gasteiger charge is -2.38. The SMILES string of the molecule is Cc1cc(NC(=O)c2ccc(NS(=O)(=O)C3(CN4CC(O)C4)CC3)cc2N2CCC3(CC2)CC3)nc(N2CCC(F)(F)CC2)n1. The van der Waals surface area contributed by atoms with Crippen LogP contribution >= 0.6 is 0 Å². The molecule has 0 bridgehead atoms. The van der Waals surface area contributed by atoms with E-state index in [0.29, 0.717) is 66.5 Å². The maximum absolute atomic E-state index is 13.8. The summed E-state index contributed by atoms with van der Waals surface area (Å²) in [5.74, 6) is -2.51. The third-order valence-electron chi connectivity index (χ3n) is 10.3. The number of aliphatic hydroxyl groups is 1. The average molecular weight is 646 g/mol. The zero-order valence-corrected chi connectivity index (χ0v) is 26.4. The summed E-state index contributed by atoms with van der Waals surface area (Å²) in [7, 11) is -3.72. The number of anilines is 4. The van der Waals surface area contributed by atoms with Crippen LogP contribution in [0.4, 0.5) is 31.9 Å².